The first kappa shape index (κ1) is 23.0. The van der Waals surface area contributed by atoms with Gasteiger partial charge in [-0.25, -0.2) is 0 Å². The van der Waals surface area contributed by atoms with Crippen molar-refractivity contribution in [2.45, 2.75) is 70.6 Å². The van der Waals surface area contributed by atoms with Crippen molar-refractivity contribution in [1.29, 1.82) is 0 Å². The van der Waals surface area contributed by atoms with E-state index < -0.39 is 0 Å². The molecule has 0 unspecified atom stereocenters. The molecule has 0 aliphatic heterocycles. The van der Waals surface area contributed by atoms with Crippen LogP contribution in [0.15, 0.2) is 54.6 Å². The van der Waals surface area contributed by atoms with Crippen LogP contribution in [0.25, 0.3) is 0 Å². The molecule has 1 N–H and O–H groups in total. The van der Waals surface area contributed by atoms with E-state index in [-0.39, 0.29) is 5.97 Å². The standard InChI is InChI=1S/C26H37NO2/c1-29-26(28)22-24-17-19-25(20-18-24)27-21-13-8-6-4-2-3-5-7-10-14-23-15-11-9-12-16-23/h9,11-12,15-20,27H,2-8,10,13-14,21-22H2,1H3. The lowest BCUT2D eigenvalue weighted by Crippen LogP contribution is -2.05. The molecule has 0 atom stereocenters. The van der Waals surface area contributed by atoms with E-state index in [9.17, 15) is 4.79 Å². The summed E-state index contributed by atoms with van der Waals surface area (Å²) < 4.78 is 4.69. The Kier molecular flexibility index (Phi) is 11.6. The van der Waals surface area contributed by atoms with Crippen molar-refractivity contribution in [3.8, 4) is 0 Å². The highest BCUT2D eigenvalue weighted by Gasteiger charge is 2.02. The number of carbonyl (C=O) groups excluding carboxylic acids is 1. The van der Waals surface area contributed by atoms with Gasteiger partial charge in [0.25, 0.3) is 0 Å². The molecule has 0 amide bonds. The minimum atomic E-state index is -0.196. The van der Waals surface area contributed by atoms with Gasteiger partial charge >= 0.3 is 5.97 Å². The summed E-state index contributed by atoms with van der Waals surface area (Å²) in [7, 11) is 1.42. The van der Waals surface area contributed by atoms with Crippen LogP contribution in [-0.4, -0.2) is 19.6 Å². The lowest BCUT2D eigenvalue weighted by molar-refractivity contribution is -0.139. The van der Waals surface area contributed by atoms with E-state index in [1.807, 2.05) is 24.3 Å². The number of nitrogens with one attached hydrogen (secondary N) is 1. The number of benzene rings is 2. The topological polar surface area (TPSA) is 38.3 Å². The number of hydrogen-bond acceptors (Lipinski definition) is 3. The quantitative estimate of drug-likeness (QED) is 0.274. The molecule has 0 fully saturated rings. The monoisotopic (exact) mass is 395 g/mol. The number of aryl methyl sites for hydroxylation is 1. The maximum atomic E-state index is 11.3. The van der Waals surface area contributed by atoms with Crippen molar-refractivity contribution in [3.05, 3.63) is 65.7 Å². The van der Waals surface area contributed by atoms with Crippen LogP contribution in [0.1, 0.15) is 68.9 Å². The summed E-state index contributed by atoms with van der Waals surface area (Å²) in [4.78, 5) is 11.3. The van der Waals surface area contributed by atoms with Crippen LogP contribution in [-0.2, 0) is 22.4 Å². The van der Waals surface area contributed by atoms with Crippen molar-refractivity contribution in [1.82, 2.24) is 0 Å². The summed E-state index contributed by atoms with van der Waals surface area (Å²) in [6, 6.07) is 18.9. The number of methoxy groups -OCH3 is 1. The third kappa shape index (κ3) is 10.7. The predicted molar refractivity (Wildman–Crippen MR) is 122 cm³/mol. The number of carbonyl (C=O) groups is 1. The molecule has 2 aromatic rings. The smallest absolute Gasteiger partial charge is 0.309 e. The summed E-state index contributed by atoms with van der Waals surface area (Å²) in [6.07, 6.45) is 13.6. The Morgan fingerprint density at radius 2 is 1.31 bits per heavy atom. The number of rotatable bonds is 15. The molecule has 0 heterocycles. The minimum absolute atomic E-state index is 0.196. The molecule has 2 rings (SSSR count). The van der Waals surface area contributed by atoms with E-state index >= 15 is 0 Å². The fraction of sp³-hybridized carbons (Fsp3) is 0.500. The molecule has 0 aliphatic rings. The molecular formula is C26H37NO2. The highest BCUT2D eigenvalue weighted by Crippen LogP contribution is 2.13. The van der Waals surface area contributed by atoms with Crippen LogP contribution < -0.4 is 5.32 Å². The molecule has 0 spiro atoms. The van der Waals surface area contributed by atoms with Crippen LogP contribution in [0.3, 0.4) is 0 Å². The van der Waals surface area contributed by atoms with Crippen LogP contribution in [0.4, 0.5) is 5.69 Å². The molecule has 158 valence electrons. The van der Waals surface area contributed by atoms with Gasteiger partial charge in [-0.1, -0.05) is 87.4 Å². The summed E-state index contributed by atoms with van der Waals surface area (Å²) in [5, 5.41) is 3.46. The van der Waals surface area contributed by atoms with E-state index in [1.165, 1.54) is 76.9 Å². The number of unbranched alkanes of at least 4 members (excludes halogenated alkanes) is 8. The van der Waals surface area contributed by atoms with Gasteiger partial charge in [0.05, 0.1) is 13.5 Å². The second-order valence-corrected chi connectivity index (χ2v) is 7.79. The molecular weight excluding hydrogens is 358 g/mol. The van der Waals surface area contributed by atoms with Gasteiger partial charge in [0.2, 0.25) is 0 Å². The Hall–Kier alpha value is -2.29. The molecule has 0 aliphatic carbocycles. The number of esters is 1. The Morgan fingerprint density at radius 3 is 1.93 bits per heavy atom. The van der Waals surface area contributed by atoms with Crippen molar-refractivity contribution in [2.24, 2.45) is 0 Å². The van der Waals surface area contributed by atoms with Gasteiger partial charge in [0.15, 0.2) is 0 Å². The average Bonchev–Trinajstić information content (AvgIpc) is 2.76. The van der Waals surface area contributed by atoms with E-state index in [4.69, 9.17) is 4.74 Å². The number of hydrogen-bond donors (Lipinski definition) is 1. The van der Waals surface area contributed by atoms with Crippen LogP contribution in [0, 0.1) is 0 Å². The predicted octanol–water partition coefficient (Wildman–Crippen LogP) is 6.57. The maximum absolute atomic E-state index is 11.3. The number of ether oxygens (including phenoxy) is 1. The normalized spacial score (nSPS) is 10.7. The Labute approximate surface area is 176 Å². The zero-order valence-corrected chi connectivity index (χ0v) is 18.0. The summed E-state index contributed by atoms with van der Waals surface area (Å²) in [5.41, 5.74) is 3.58. The highest BCUT2D eigenvalue weighted by atomic mass is 16.5. The van der Waals surface area contributed by atoms with Crippen molar-refractivity contribution in [2.75, 3.05) is 19.0 Å². The van der Waals surface area contributed by atoms with Crippen molar-refractivity contribution < 1.29 is 9.53 Å². The Morgan fingerprint density at radius 1 is 0.724 bits per heavy atom. The first-order valence-corrected chi connectivity index (χ1v) is 11.2. The molecule has 3 heteroatoms. The third-order valence-corrected chi connectivity index (χ3v) is 5.34. The van der Waals surface area contributed by atoms with E-state index in [0.717, 1.165) is 17.8 Å². The van der Waals surface area contributed by atoms with Crippen molar-refractivity contribution in [3.63, 3.8) is 0 Å². The molecule has 2 aromatic carbocycles. The Bertz CT molecular complexity index is 667. The number of anilines is 1. The average molecular weight is 396 g/mol. The summed E-state index contributed by atoms with van der Waals surface area (Å²) >= 11 is 0. The second-order valence-electron chi connectivity index (χ2n) is 7.79. The van der Waals surface area contributed by atoms with Gasteiger partial charge in [0, 0.05) is 12.2 Å². The molecule has 0 aromatic heterocycles. The molecule has 29 heavy (non-hydrogen) atoms. The SMILES string of the molecule is COC(=O)Cc1ccc(NCCCCCCCCCCCc2ccccc2)cc1. The summed E-state index contributed by atoms with van der Waals surface area (Å²) in [6.45, 7) is 1.01. The van der Waals surface area contributed by atoms with Gasteiger partial charge in [-0.2, -0.15) is 0 Å². The third-order valence-electron chi connectivity index (χ3n) is 5.34. The van der Waals surface area contributed by atoms with E-state index in [1.54, 1.807) is 0 Å². The van der Waals surface area contributed by atoms with Gasteiger partial charge in [-0.15, -0.1) is 0 Å². The highest BCUT2D eigenvalue weighted by molar-refractivity contribution is 5.72. The molecule has 0 saturated heterocycles. The Balaban J connectivity index is 1.38. The summed E-state index contributed by atoms with van der Waals surface area (Å²) in [5.74, 6) is -0.196. The van der Waals surface area contributed by atoms with Gasteiger partial charge in [0.1, 0.15) is 0 Å². The van der Waals surface area contributed by atoms with Gasteiger partial charge in [-0.3, -0.25) is 4.79 Å². The van der Waals surface area contributed by atoms with Crippen LogP contribution in [0.5, 0.6) is 0 Å². The largest absolute Gasteiger partial charge is 0.469 e. The lowest BCUT2D eigenvalue weighted by Gasteiger charge is -2.07. The fourth-order valence-electron chi connectivity index (χ4n) is 3.55. The minimum Gasteiger partial charge on any atom is -0.469 e. The molecule has 0 bridgehead atoms. The zero-order chi connectivity index (χ0) is 20.6. The first-order chi connectivity index (χ1) is 14.3. The maximum Gasteiger partial charge on any atom is 0.309 e. The van der Waals surface area contributed by atoms with E-state index in [0.29, 0.717) is 6.42 Å². The van der Waals surface area contributed by atoms with Crippen molar-refractivity contribution >= 4 is 11.7 Å². The van der Waals surface area contributed by atoms with Gasteiger partial charge in [-0.05, 0) is 42.5 Å². The van der Waals surface area contributed by atoms with Crippen LogP contribution >= 0.6 is 0 Å². The fourth-order valence-corrected chi connectivity index (χ4v) is 3.55. The van der Waals surface area contributed by atoms with E-state index in [2.05, 4.69) is 35.6 Å². The van der Waals surface area contributed by atoms with Gasteiger partial charge < -0.3 is 10.1 Å². The van der Waals surface area contributed by atoms with Crippen LogP contribution in [0.2, 0.25) is 0 Å². The lowest BCUT2D eigenvalue weighted by atomic mass is 10.0. The molecule has 3 nitrogen and oxygen atoms in total. The first-order valence-electron chi connectivity index (χ1n) is 11.2. The molecule has 0 radical (unpaired) electrons. The second kappa shape index (κ2) is 14.7. The molecule has 0 saturated carbocycles. The zero-order valence-electron chi connectivity index (χ0n) is 18.0.